The molecular weight excluding hydrogens is 309 g/mol. The highest BCUT2D eigenvalue weighted by Gasteiger charge is 2.32. The fourth-order valence-electron chi connectivity index (χ4n) is 3.16. The Kier molecular flexibility index (Phi) is 4.65. The first-order valence-corrected chi connectivity index (χ1v) is 7.94. The van der Waals surface area contributed by atoms with Crippen LogP contribution < -0.4 is 5.32 Å². The van der Waals surface area contributed by atoms with Crippen molar-refractivity contribution in [2.45, 2.75) is 25.4 Å². The van der Waals surface area contributed by atoms with Crippen LogP contribution in [0.5, 0.6) is 0 Å². The summed E-state index contributed by atoms with van der Waals surface area (Å²) in [5, 5.41) is 13.3. The number of anilines is 1. The van der Waals surface area contributed by atoms with Gasteiger partial charge in [0.1, 0.15) is 11.9 Å². The number of hydrogen-bond acceptors (Lipinski definition) is 5. The van der Waals surface area contributed by atoms with Crippen LogP contribution in [0.15, 0.2) is 18.3 Å². The van der Waals surface area contributed by atoms with Gasteiger partial charge in [0.25, 0.3) is 0 Å². The molecule has 1 aromatic carbocycles. The maximum Gasteiger partial charge on any atom is 0.124 e. The molecule has 1 aromatic heterocycles. The predicted molar refractivity (Wildman–Crippen MR) is 89.4 cm³/mol. The summed E-state index contributed by atoms with van der Waals surface area (Å²) in [5.74, 6) is -0.340. The van der Waals surface area contributed by atoms with E-state index in [1.54, 1.807) is 7.11 Å². The minimum Gasteiger partial charge on any atom is -0.381 e. The molecule has 1 aliphatic rings. The zero-order valence-corrected chi connectivity index (χ0v) is 13.9. The number of nitrogens with zero attached hydrogens (tertiary/aromatic N) is 2. The summed E-state index contributed by atoms with van der Waals surface area (Å²) < 4.78 is 25.0. The van der Waals surface area contributed by atoms with E-state index < -0.39 is 0 Å². The van der Waals surface area contributed by atoms with Crippen molar-refractivity contribution in [3.63, 3.8) is 0 Å². The standard InChI is InChI=1S/C18H20FN3O2/c1-12-7-14(19)8-15-16(12)21-10-13(9-20)17(15)22-11-18(23-2)3-5-24-6-4-18/h7-8,10H,3-6,11H2,1-2H3,(H,21,22). The number of methoxy groups -OCH3 is 1. The topological polar surface area (TPSA) is 67.2 Å². The van der Waals surface area contributed by atoms with Gasteiger partial charge in [-0.05, 0) is 24.6 Å². The highest BCUT2D eigenvalue weighted by molar-refractivity contribution is 5.95. The largest absolute Gasteiger partial charge is 0.381 e. The molecule has 5 nitrogen and oxygen atoms in total. The quantitative estimate of drug-likeness (QED) is 0.933. The van der Waals surface area contributed by atoms with Crippen LogP contribution in [0, 0.1) is 24.1 Å². The second-order valence-electron chi connectivity index (χ2n) is 6.13. The smallest absolute Gasteiger partial charge is 0.124 e. The summed E-state index contributed by atoms with van der Waals surface area (Å²) in [6.45, 7) is 3.62. The fraction of sp³-hybridized carbons (Fsp3) is 0.444. The third-order valence-corrected chi connectivity index (χ3v) is 4.67. The number of aromatic nitrogens is 1. The molecule has 0 amide bonds. The average Bonchev–Trinajstić information content (AvgIpc) is 2.60. The molecule has 3 rings (SSSR count). The number of nitriles is 1. The molecule has 0 radical (unpaired) electrons. The van der Waals surface area contributed by atoms with Gasteiger partial charge in [0.15, 0.2) is 0 Å². The summed E-state index contributed by atoms with van der Waals surface area (Å²) in [4.78, 5) is 4.31. The second kappa shape index (κ2) is 6.71. The van der Waals surface area contributed by atoms with Crippen molar-refractivity contribution < 1.29 is 13.9 Å². The Labute approximate surface area is 140 Å². The van der Waals surface area contributed by atoms with E-state index in [1.165, 1.54) is 18.3 Å². The number of aryl methyl sites for hydroxylation is 1. The van der Waals surface area contributed by atoms with Crippen molar-refractivity contribution in [1.82, 2.24) is 4.98 Å². The van der Waals surface area contributed by atoms with E-state index in [1.807, 2.05) is 6.92 Å². The molecule has 0 aliphatic carbocycles. The Morgan fingerprint density at radius 2 is 2.17 bits per heavy atom. The lowest BCUT2D eigenvalue weighted by Crippen LogP contribution is -2.44. The number of rotatable bonds is 4. The van der Waals surface area contributed by atoms with E-state index in [0.717, 1.165) is 18.4 Å². The summed E-state index contributed by atoms with van der Waals surface area (Å²) in [7, 11) is 1.69. The predicted octanol–water partition coefficient (Wildman–Crippen LogP) is 3.16. The second-order valence-corrected chi connectivity index (χ2v) is 6.13. The number of nitrogens with one attached hydrogen (secondary N) is 1. The minimum atomic E-state index is -0.344. The molecule has 0 saturated carbocycles. The first-order valence-electron chi connectivity index (χ1n) is 7.94. The highest BCUT2D eigenvalue weighted by Crippen LogP contribution is 2.31. The molecule has 1 saturated heterocycles. The van der Waals surface area contributed by atoms with Gasteiger partial charge in [-0.3, -0.25) is 4.98 Å². The highest BCUT2D eigenvalue weighted by atomic mass is 19.1. The Hall–Kier alpha value is -2.23. The van der Waals surface area contributed by atoms with Crippen molar-refractivity contribution in [2.75, 3.05) is 32.2 Å². The third-order valence-electron chi connectivity index (χ3n) is 4.67. The van der Waals surface area contributed by atoms with Crippen LogP contribution in [0.25, 0.3) is 10.9 Å². The Balaban J connectivity index is 2.00. The molecule has 0 atom stereocenters. The summed E-state index contributed by atoms with van der Waals surface area (Å²) in [5.41, 5.74) is 2.09. The number of pyridine rings is 1. The maximum absolute atomic E-state index is 13.9. The van der Waals surface area contributed by atoms with Gasteiger partial charge >= 0.3 is 0 Å². The molecule has 2 aromatic rings. The van der Waals surface area contributed by atoms with Crippen LogP contribution >= 0.6 is 0 Å². The van der Waals surface area contributed by atoms with Gasteiger partial charge in [-0.15, -0.1) is 0 Å². The molecule has 0 unspecified atom stereocenters. The van der Waals surface area contributed by atoms with Gasteiger partial charge in [-0.25, -0.2) is 4.39 Å². The van der Waals surface area contributed by atoms with Crippen molar-refractivity contribution in [2.24, 2.45) is 0 Å². The first kappa shape index (κ1) is 16.6. The zero-order valence-electron chi connectivity index (χ0n) is 13.9. The van der Waals surface area contributed by atoms with E-state index in [4.69, 9.17) is 9.47 Å². The normalized spacial score (nSPS) is 16.8. The average molecular weight is 329 g/mol. The van der Waals surface area contributed by atoms with E-state index >= 15 is 0 Å². The monoisotopic (exact) mass is 329 g/mol. The third kappa shape index (κ3) is 3.05. The molecule has 0 bridgehead atoms. The van der Waals surface area contributed by atoms with E-state index in [9.17, 15) is 9.65 Å². The van der Waals surface area contributed by atoms with Gasteiger partial charge < -0.3 is 14.8 Å². The number of benzene rings is 1. The molecular formula is C18H20FN3O2. The van der Waals surface area contributed by atoms with E-state index in [0.29, 0.717) is 41.9 Å². The van der Waals surface area contributed by atoms with Crippen molar-refractivity contribution in [1.29, 1.82) is 5.26 Å². The van der Waals surface area contributed by atoms with Gasteiger partial charge in [0, 0.05) is 51.3 Å². The van der Waals surface area contributed by atoms with Crippen molar-refractivity contribution >= 4 is 16.6 Å². The lowest BCUT2D eigenvalue weighted by molar-refractivity contribution is -0.0807. The Morgan fingerprint density at radius 3 is 2.83 bits per heavy atom. The number of hydrogen-bond donors (Lipinski definition) is 1. The molecule has 1 aliphatic heterocycles. The lowest BCUT2D eigenvalue weighted by Gasteiger charge is -2.36. The van der Waals surface area contributed by atoms with E-state index in [-0.39, 0.29) is 11.4 Å². The minimum absolute atomic E-state index is 0.340. The fourth-order valence-corrected chi connectivity index (χ4v) is 3.16. The first-order chi connectivity index (χ1) is 11.6. The summed E-state index contributed by atoms with van der Waals surface area (Å²) in [6.07, 6.45) is 3.07. The number of halogens is 1. The summed E-state index contributed by atoms with van der Waals surface area (Å²) >= 11 is 0. The molecule has 2 heterocycles. The van der Waals surface area contributed by atoms with Crippen LogP contribution in [-0.4, -0.2) is 37.5 Å². The van der Waals surface area contributed by atoms with Gasteiger partial charge in [-0.2, -0.15) is 5.26 Å². The van der Waals surface area contributed by atoms with Gasteiger partial charge in [0.2, 0.25) is 0 Å². The molecule has 1 N–H and O–H groups in total. The molecule has 0 spiro atoms. The Bertz CT molecular complexity index is 795. The number of fused-ring (bicyclic) bond motifs is 1. The van der Waals surface area contributed by atoms with Crippen LogP contribution in [-0.2, 0) is 9.47 Å². The van der Waals surface area contributed by atoms with Gasteiger partial charge in [0.05, 0.1) is 22.4 Å². The Morgan fingerprint density at radius 1 is 1.42 bits per heavy atom. The van der Waals surface area contributed by atoms with Crippen LogP contribution in [0.2, 0.25) is 0 Å². The summed E-state index contributed by atoms with van der Waals surface area (Å²) in [6, 6.07) is 5.00. The lowest BCUT2D eigenvalue weighted by atomic mass is 9.93. The zero-order chi connectivity index (χ0) is 17.2. The maximum atomic E-state index is 13.9. The van der Waals surface area contributed by atoms with Crippen LogP contribution in [0.1, 0.15) is 24.0 Å². The molecule has 1 fully saturated rings. The molecule has 24 heavy (non-hydrogen) atoms. The van der Waals surface area contributed by atoms with E-state index in [2.05, 4.69) is 16.4 Å². The van der Waals surface area contributed by atoms with Crippen LogP contribution in [0.4, 0.5) is 10.1 Å². The van der Waals surface area contributed by atoms with Crippen molar-refractivity contribution in [3.8, 4) is 6.07 Å². The van der Waals surface area contributed by atoms with Gasteiger partial charge in [-0.1, -0.05) is 0 Å². The SMILES string of the molecule is COC1(CNc2c(C#N)cnc3c(C)cc(F)cc23)CCOCC1. The van der Waals surface area contributed by atoms with Crippen molar-refractivity contribution in [3.05, 3.63) is 35.3 Å². The molecule has 6 heteroatoms. The molecule has 126 valence electrons. The number of ether oxygens (including phenoxy) is 2. The van der Waals surface area contributed by atoms with Crippen LogP contribution in [0.3, 0.4) is 0 Å².